The molecular formula is C17H29NO. The molecule has 0 fully saturated rings. The van der Waals surface area contributed by atoms with Gasteiger partial charge in [-0.2, -0.15) is 0 Å². The number of rotatable bonds is 8. The maximum absolute atomic E-state index is 10.2. The van der Waals surface area contributed by atoms with Gasteiger partial charge in [0.1, 0.15) is 0 Å². The first-order valence-electron chi connectivity index (χ1n) is 7.69. The van der Waals surface area contributed by atoms with Gasteiger partial charge in [0.05, 0.1) is 6.10 Å². The van der Waals surface area contributed by atoms with E-state index in [0.717, 1.165) is 31.0 Å². The van der Waals surface area contributed by atoms with Gasteiger partial charge in [-0.05, 0) is 25.3 Å². The minimum atomic E-state index is -0.355. The topological polar surface area (TPSA) is 23.5 Å². The van der Waals surface area contributed by atoms with Crippen LogP contribution in [0.1, 0.15) is 58.6 Å². The van der Waals surface area contributed by atoms with Crippen molar-refractivity contribution in [3.05, 3.63) is 29.8 Å². The van der Waals surface area contributed by atoms with Crippen LogP contribution >= 0.6 is 0 Å². The third-order valence-electron chi connectivity index (χ3n) is 4.04. The highest BCUT2D eigenvalue weighted by molar-refractivity contribution is 5.54. The van der Waals surface area contributed by atoms with Crippen LogP contribution in [0.25, 0.3) is 0 Å². The summed E-state index contributed by atoms with van der Waals surface area (Å²) in [5.74, 6) is 0.728. The molecule has 0 heterocycles. The molecule has 0 aliphatic heterocycles. The van der Waals surface area contributed by atoms with Crippen molar-refractivity contribution in [1.82, 2.24) is 0 Å². The molecule has 108 valence electrons. The van der Waals surface area contributed by atoms with Crippen molar-refractivity contribution in [2.24, 2.45) is 5.92 Å². The third kappa shape index (κ3) is 4.24. The summed E-state index contributed by atoms with van der Waals surface area (Å²) in [7, 11) is 0. The molecule has 0 saturated heterocycles. The fraction of sp³-hybridized carbons (Fsp3) is 0.647. The van der Waals surface area contributed by atoms with Crippen molar-refractivity contribution in [1.29, 1.82) is 0 Å². The molecule has 1 aromatic rings. The number of para-hydroxylation sites is 1. The lowest BCUT2D eigenvalue weighted by molar-refractivity contribution is 0.174. The Labute approximate surface area is 118 Å². The third-order valence-corrected chi connectivity index (χ3v) is 4.04. The van der Waals surface area contributed by atoms with Crippen LogP contribution in [0.15, 0.2) is 24.3 Å². The molecule has 19 heavy (non-hydrogen) atoms. The fourth-order valence-corrected chi connectivity index (χ4v) is 2.53. The smallest absolute Gasteiger partial charge is 0.0807 e. The van der Waals surface area contributed by atoms with Crippen molar-refractivity contribution in [2.45, 2.75) is 53.1 Å². The average Bonchev–Trinajstić information content (AvgIpc) is 2.48. The summed E-state index contributed by atoms with van der Waals surface area (Å²) in [6.07, 6.45) is 2.84. The number of aliphatic hydroxyl groups excluding tert-OH is 1. The predicted octanol–water partition coefficient (Wildman–Crippen LogP) is 4.39. The second-order valence-corrected chi connectivity index (χ2v) is 5.20. The molecule has 2 nitrogen and oxygen atoms in total. The Morgan fingerprint density at radius 2 is 1.63 bits per heavy atom. The minimum Gasteiger partial charge on any atom is -0.388 e. The largest absolute Gasteiger partial charge is 0.388 e. The molecule has 0 aliphatic carbocycles. The number of hydrogen-bond acceptors (Lipinski definition) is 2. The van der Waals surface area contributed by atoms with Gasteiger partial charge < -0.3 is 10.0 Å². The van der Waals surface area contributed by atoms with Gasteiger partial charge in [0, 0.05) is 24.3 Å². The Morgan fingerprint density at radius 1 is 1.00 bits per heavy atom. The zero-order valence-electron chi connectivity index (χ0n) is 12.9. The molecule has 1 rings (SSSR count). The summed E-state index contributed by atoms with van der Waals surface area (Å²) in [4.78, 5) is 2.41. The molecule has 0 bridgehead atoms. The van der Waals surface area contributed by atoms with Crippen LogP contribution in [0, 0.1) is 5.92 Å². The standard InChI is InChI=1S/C17H29NO/c1-5-14(6-2)13-18(8-4)16-12-10-9-11-15(16)17(19)7-3/h9-12,14,17,19H,5-8,13H2,1-4H3/t17-/m0/s1. The van der Waals surface area contributed by atoms with Gasteiger partial charge in [-0.25, -0.2) is 0 Å². The molecule has 0 aromatic heterocycles. The van der Waals surface area contributed by atoms with Crippen LogP contribution in [-0.4, -0.2) is 18.2 Å². The zero-order chi connectivity index (χ0) is 14.3. The molecule has 0 saturated carbocycles. The second-order valence-electron chi connectivity index (χ2n) is 5.20. The molecular weight excluding hydrogens is 234 g/mol. The van der Waals surface area contributed by atoms with Crippen LogP contribution in [0.5, 0.6) is 0 Å². The summed E-state index contributed by atoms with van der Waals surface area (Å²) in [5.41, 5.74) is 2.27. The molecule has 1 N–H and O–H groups in total. The number of anilines is 1. The lowest BCUT2D eigenvalue weighted by atomic mass is 10.00. The Hall–Kier alpha value is -1.02. The molecule has 1 aromatic carbocycles. The molecule has 0 amide bonds. The molecule has 0 aliphatic rings. The van der Waals surface area contributed by atoms with E-state index in [0.29, 0.717) is 0 Å². The molecule has 0 radical (unpaired) electrons. The molecule has 0 spiro atoms. The van der Waals surface area contributed by atoms with Crippen molar-refractivity contribution >= 4 is 5.69 Å². The summed E-state index contributed by atoms with van der Waals surface area (Å²) >= 11 is 0. The molecule has 0 unspecified atom stereocenters. The van der Waals surface area contributed by atoms with Gasteiger partial charge in [0.15, 0.2) is 0 Å². The maximum Gasteiger partial charge on any atom is 0.0807 e. The van der Waals surface area contributed by atoms with E-state index in [1.54, 1.807) is 0 Å². The zero-order valence-corrected chi connectivity index (χ0v) is 12.9. The average molecular weight is 263 g/mol. The number of hydrogen-bond donors (Lipinski definition) is 1. The van der Waals surface area contributed by atoms with Gasteiger partial charge in [-0.15, -0.1) is 0 Å². The van der Waals surface area contributed by atoms with Crippen molar-refractivity contribution < 1.29 is 5.11 Å². The van der Waals surface area contributed by atoms with E-state index in [4.69, 9.17) is 0 Å². The SMILES string of the molecule is CCC(CC)CN(CC)c1ccccc1[C@@H](O)CC. The van der Waals surface area contributed by atoms with E-state index in [9.17, 15) is 5.11 Å². The highest BCUT2D eigenvalue weighted by Crippen LogP contribution is 2.29. The molecule has 2 heteroatoms. The first-order chi connectivity index (χ1) is 9.17. The fourth-order valence-electron chi connectivity index (χ4n) is 2.53. The Bertz CT molecular complexity index is 360. The van der Waals surface area contributed by atoms with Gasteiger partial charge >= 0.3 is 0 Å². The number of nitrogens with zero attached hydrogens (tertiary/aromatic N) is 1. The van der Waals surface area contributed by atoms with Crippen molar-refractivity contribution in [3.63, 3.8) is 0 Å². The van der Waals surface area contributed by atoms with Crippen LogP contribution in [0.4, 0.5) is 5.69 Å². The number of aliphatic hydroxyl groups is 1. The van der Waals surface area contributed by atoms with E-state index in [-0.39, 0.29) is 6.10 Å². The van der Waals surface area contributed by atoms with Gasteiger partial charge in [0.2, 0.25) is 0 Å². The van der Waals surface area contributed by atoms with Gasteiger partial charge in [0.25, 0.3) is 0 Å². The normalized spacial score (nSPS) is 12.7. The monoisotopic (exact) mass is 263 g/mol. The predicted molar refractivity (Wildman–Crippen MR) is 83.7 cm³/mol. The second kappa shape index (κ2) is 8.21. The van der Waals surface area contributed by atoms with Crippen LogP contribution in [-0.2, 0) is 0 Å². The lowest BCUT2D eigenvalue weighted by Crippen LogP contribution is -2.30. The maximum atomic E-state index is 10.2. The van der Waals surface area contributed by atoms with E-state index >= 15 is 0 Å². The van der Waals surface area contributed by atoms with Crippen LogP contribution in [0.3, 0.4) is 0 Å². The highest BCUT2D eigenvalue weighted by atomic mass is 16.3. The first-order valence-corrected chi connectivity index (χ1v) is 7.69. The number of benzene rings is 1. The van der Waals surface area contributed by atoms with Crippen molar-refractivity contribution in [2.75, 3.05) is 18.0 Å². The van der Waals surface area contributed by atoms with Crippen LogP contribution < -0.4 is 4.90 Å². The Morgan fingerprint density at radius 3 is 2.16 bits per heavy atom. The van der Waals surface area contributed by atoms with Gasteiger partial charge in [-0.1, -0.05) is 51.8 Å². The van der Waals surface area contributed by atoms with E-state index in [1.807, 2.05) is 13.0 Å². The minimum absolute atomic E-state index is 0.355. The Kier molecular flexibility index (Phi) is 6.93. The van der Waals surface area contributed by atoms with E-state index < -0.39 is 0 Å². The summed E-state index contributed by atoms with van der Waals surface area (Å²) in [6.45, 7) is 10.8. The van der Waals surface area contributed by atoms with Crippen LogP contribution in [0.2, 0.25) is 0 Å². The molecule has 1 atom stereocenters. The van der Waals surface area contributed by atoms with Crippen molar-refractivity contribution in [3.8, 4) is 0 Å². The van der Waals surface area contributed by atoms with E-state index in [1.165, 1.54) is 18.5 Å². The van der Waals surface area contributed by atoms with Gasteiger partial charge in [-0.3, -0.25) is 0 Å². The Balaban J connectivity index is 2.97. The summed E-state index contributed by atoms with van der Waals surface area (Å²) in [6, 6.07) is 8.28. The quantitative estimate of drug-likeness (QED) is 0.751. The summed E-state index contributed by atoms with van der Waals surface area (Å²) < 4.78 is 0. The highest BCUT2D eigenvalue weighted by Gasteiger charge is 2.16. The van der Waals surface area contributed by atoms with E-state index in [2.05, 4.69) is 43.9 Å². The first kappa shape index (κ1) is 16.0. The summed E-state index contributed by atoms with van der Waals surface area (Å²) in [5, 5.41) is 10.2. The lowest BCUT2D eigenvalue weighted by Gasteiger charge is -2.30.